The first-order valence-electron chi connectivity index (χ1n) is 7.06. The Bertz CT molecular complexity index is 601. The second-order valence-corrected chi connectivity index (χ2v) is 5.05. The predicted molar refractivity (Wildman–Crippen MR) is 79.2 cm³/mol. The molecule has 1 atom stereocenters. The fraction of sp³-hybridized carbons (Fsp3) is 0.294. The van der Waals surface area contributed by atoms with E-state index in [1.54, 1.807) is 24.3 Å². The summed E-state index contributed by atoms with van der Waals surface area (Å²) < 4.78 is 26.5. The van der Waals surface area contributed by atoms with E-state index >= 15 is 0 Å². The number of benzene rings is 2. The van der Waals surface area contributed by atoms with Crippen molar-refractivity contribution in [1.29, 1.82) is 0 Å². The normalized spacial score (nSPS) is 12.3. The molecule has 1 unspecified atom stereocenters. The predicted octanol–water partition coefficient (Wildman–Crippen LogP) is 3.95. The molecule has 0 fully saturated rings. The van der Waals surface area contributed by atoms with E-state index in [1.165, 1.54) is 6.07 Å². The van der Waals surface area contributed by atoms with Gasteiger partial charge in [-0.3, -0.25) is 0 Å². The average Bonchev–Trinajstić information content (AvgIpc) is 2.46. The summed E-state index contributed by atoms with van der Waals surface area (Å²) in [4.78, 5) is 0. The Morgan fingerprint density at radius 3 is 2.57 bits per heavy atom. The lowest BCUT2D eigenvalue weighted by Gasteiger charge is -2.19. The maximum Gasteiger partial charge on any atom is 0.159 e. The average molecular weight is 291 g/mol. The van der Waals surface area contributed by atoms with Gasteiger partial charge in [-0.25, -0.2) is 8.78 Å². The lowest BCUT2D eigenvalue weighted by molar-refractivity contribution is 0.472. The highest BCUT2D eigenvalue weighted by atomic mass is 19.2. The van der Waals surface area contributed by atoms with Crippen LogP contribution in [0.25, 0.3) is 0 Å². The van der Waals surface area contributed by atoms with Crippen molar-refractivity contribution in [3.63, 3.8) is 0 Å². The second kappa shape index (κ2) is 7.18. The van der Waals surface area contributed by atoms with E-state index in [1.807, 2.05) is 13.0 Å². The monoisotopic (exact) mass is 291 g/mol. The highest BCUT2D eigenvalue weighted by molar-refractivity contribution is 5.30. The Hall–Kier alpha value is -1.94. The number of hydrogen-bond donors (Lipinski definition) is 2. The minimum absolute atomic E-state index is 0.123. The Balaban J connectivity index is 2.22. The van der Waals surface area contributed by atoms with Crippen LogP contribution in [-0.2, 0) is 6.42 Å². The molecule has 0 aliphatic rings. The van der Waals surface area contributed by atoms with E-state index in [0.29, 0.717) is 12.0 Å². The van der Waals surface area contributed by atoms with E-state index in [-0.39, 0.29) is 11.8 Å². The maximum atomic E-state index is 13.4. The SMILES string of the molecule is CCCNC(Cc1cccc(O)c1)c1ccc(F)c(F)c1. The number of hydrogen-bond acceptors (Lipinski definition) is 2. The van der Waals surface area contributed by atoms with E-state index in [4.69, 9.17) is 0 Å². The van der Waals surface area contributed by atoms with Crippen molar-refractivity contribution >= 4 is 0 Å². The summed E-state index contributed by atoms with van der Waals surface area (Å²) in [6, 6.07) is 10.8. The van der Waals surface area contributed by atoms with Gasteiger partial charge in [0.25, 0.3) is 0 Å². The summed E-state index contributed by atoms with van der Waals surface area (Å²) in [6.45, 7) is 2.83. The van der Waals surface area contributed by atoms with Crippen LogP contribution in [0.5, 0.6) is 5.75 Å². The molecule has 2 rings (SSSR count). The van der Waals surface area contributed by atoms with Crippen molar-refractivity contribution in [1.82, 2.24) is 5.32 Å². The Morgan fingerprint density at radius 2 is 1.90 bits per heavy atom. The third-order valence-electron chi connectivity index (χ3n) is 3.34. The van der Waals surface area contributed by atoms with Crippen molar-refractivity contribution < 1.29 is 13.9 Å². The molecule has 2 aromatic carbocycles. The number of phenolic OH excluding ortho intramolecular Hbond substituents is 1. The molecule has 0 aliphatic carbocycles. The molecule has 0 saturated heterocycles. The molecule has 0 saturated carbocycles. The van der Waals surface area contributed by atoms with Crippen LogP contribution in [0, 0.1) is 11.6 Å². The minimum Gasteiger partial charge on any atom is -0.508 e. The first kappa shape index (κ1) is 15.4. The van der Waals surface area contributed by atoms with Gasteiger partial charge >= 0.3 is 0 Å². The van der Waals surface area contributed by atoms with Gasteiger partial charge in [-0.05, 0) is 54.8 Å². The fourth-order valence-corrected chi connectivity index (χ4v) is 2.27. The van der Waals surface area contributed by atoms with Crippen molar-refractivity contribution in [3.8, 4) is 5.75 Å². The third kappa shape index (κ3) is 4.26. The minimum atomic E-state index is -0.842. The zero-order valence-corrected chi connectivity index (χ0v) is 11.9. The fourth-order valence-electron chi connectivity index (χ4n) is 2.27. The molecule has 0 spiro atoms. The third-order valence-corrected chi connectivity index (χ3v) is 3.34. The lowest BCUT2D eigenvalue weighted by Crippen LogP contribution is -2.24. The number of rotatable bonds is 6. The van der Waals surface area contributed by atoms with E-state index in [2.05, 4.69) is 5.32 Å². The van der Waals surface area contributed by atoms with Gasteiger partial charge in [-0.15, -0.1) is 0 Å². The quantitative estimate of drug-likeness (QED) is 0.844. The Morgan fingerprint density at radius 1 is 1.10 bits per heavy atom. The number of aromatic hydroxyl groups is 1. The molecule has 0 aliphatic heterocycles. The molecule has 0 bridgehead atoms. The van der Waals surface area contributed by atoms with Crippen LogP contribution in [0.1, 0.15) is 30.5 Å². The van der Waals surface area contributed by atoms with Gasteiger partial charge in [0.15, 0.2) is 11.6 Å². The summed E-state index contributed by atoms with van der Waals surface area (Å²) in [6.07, 6.45) is 1.54. The van der Waals surface area contributed by atoms with Crippen molar-refractivity contribution in [3.05, 3.63) is 65.2 Å². The van der Waals surface area contributed by atoms with Gasteiger partial charge < -0.3 is 10.4 Å². The van der Waals surface area contributed by atoms with Crippen LogP contribution in [0.15, 0.2) is 42.5 Å². The number of nitrogens with one attached hydrogen (secondary N) is 1. The maximum absolute atomic E-state index is 13.4. The van der Waals surface area contributed by atoms with Crippen LogP contribution >= 0.6 is 0 Å². The van der Waals surface area contributed by atoms with Crippen LogP contribution < -0.4 is 5.32 Å². The van der Waals surface area contributed by atoms with Crippen LogP contribution in [0.3, 0.4) is 0 Å². The topological polar surface area (TPSA) is 32.3 Å². The molecular weight excluding hydrogens is 272 g/mol. The van der Waals surface area contributed by atoms with Gasteiger partial charge in [0.1, 0.15) is 5.75 Å². The smallest absolute Gasteiger partial charge is 0.159 e. The zero-order chi connectivity index (χ0) is 15.2. The van der Waals surface area contributed by atoms with Gasteiger partial charge in [-0.1, -0.05) is 25.1 Å². The molecule has 112 valence electrons. The first-order chi connectivity index (χ1) is 10.1. The second-order valence-electron chi connectivity index (χ2n) is 5.05. The molecule has 2 N–H and O–H groups in total. The summed E-state index contributed by atoms with van der Waals surface area (Å²) in [5, 5.41) is 12.9. The van der Waals surface area contributed by atoms with E-state index < -0.39 is 11.6 Å². The molecule has 0 aromatic heterocycles. The summed E-state index contributed by atoms with van der Waals surface area (Å²) in [7, 11) is 0. The van der Waals surface area contributed by atoms with Gasteiger partial charge in [-0.2, -0.15) is 0 Å². The molecule has 2 nitrogen and oxygen atoms in total. The van der Waals surface area contributed by atoms with E-state index in [0.717, 1.165) is 24.6 Å². The molecule has 0 radical (unpaired) electrons. The molecular formula is C17H19F2NO. The summed E-state index contributed by atoms with van der Waals surface area (Å²) in [5.74, 6) is -1.48. The molecule has 2 aromatic rings. The lowest BCUT2D eigenvalue weighted by atomic mass is 9.98. The van der Waals surface area contributed by atoms with Crippen LogP contribution in [0.2, 0.25) is 0 Å². The van der Waals surface area contributed by atoms with Gasteiger partial charge in [0, 0.05) is 6.04 Å². The number of phenols is 1. The standard InChI is InChI=1S/C17H19F2NO/c1-2-8-20-17(10-12-4-3-5-14(21)9-12)13-6-7-15(18)16(19)11-13/h3-7,9,11,17,20-21H,2,8,10H2,1H3. The molecule has 0 heterocycles. The van der Waals surface area contributed by atoms with Gasteiger partial charge in [0.2, 0.25) is 0 Å². The Labute approximate surface area is 123 Å². The van der Waals surface area contributed by atoms with Crippen LogP contribution in [-0.4, -0.2) is 11.7 Å². The largest absolute Gasteiger partial charge is 0.508 e. The highest BCUT2D eigenvalue weighted by Gasteiger charge is 2.14. The number of halogens is 2. The Kier molecular flexibility index (Phi) is 5.28. The summed E-state index contributed by atoms with van der Waals surface area (Å²) in [5.41, 5.74) is 1.64. The van der Waals surface area contributed by atoms with Crippen molar-refractivity contribution in [2.45, 2.75) is 25.8 Å². The van der Waals surface area contributed by atoms with Gasteiger partial charge in [0.05, 0.1) is 0 Å². The molecule has 4 heteroatoms. The zero-order valence-electron chi connectivity index (χ0n) is 11.9. The molecule has 0 amide bonds. The van der Waals surface area contributed by atoms with Crippen LogP contribution in [0.4, 0.5) is 8.78 Å². The summed E-state index contributed by atoms with van der Waals surface area (Å²) >= 11 is 0. The first-order valence-corrected chi connectivity index (χ1v) is 7.06. The molecule has 21 heavy (non-hydrogen) atoms. The van der Waals surface area contributed by atoms with E-state index in [9.17, 15) is 13.9 Å². The highest BCUT2D eigenvalue weighted by Crippen LogP contribution is 2.22. The van der Waals surface area contributed by atoms with Crippen molar-refractivity contribution in [2.24, 2.45) is 0 Å². The van der Waals surface area contributed by atoms with Crippen molar-refractivity contribution in [2.75, 3.05) is 6.54 Å².